The maximum absolute atomic E-state index is 10.4. The molecule has 7 heteroatoms. The Morgan fingerprint density at radius 3 is 2.25 bits per heavy atom. The lowest BCUT2D eigenvalue weighted by Crippen LogP contribution is -2.45. The van der Waals surface area contributed by atoms with Crippen molar-refractivity contribution in [1.82, 2.24) is 5.32 Å². The molecule has 6 N–H and O–H groups in total. The van der Waals surface area contributed by atoms with Crippen LogP contribution in [0.25, 0.3) is 0 Å². The Morgan fingerprint density at radius 2 is 1.92 bits per heavy atom. The zero-order chi connectivity index (χ0) is 9.72. The van der Waals surface area contributed by atoms with E-state index in [2.05, 4.69) is 5.73 Å². The third-order valence-corrected chi connectivity index (χ3v) is 1.02. The van der Waals surface area contributed by atoms with Crippen LogP contribution in [0.2, 0.25) is 0 Å². The first kappa shape index (κ1) is 10.4. The maximum atomic E-state index is 10.4. The molecule has 0 saturated carbocycles. The van der Waals surface area contributed by atoms with E-state index in [1.807, 2.05) is 5.32 Å². The molecule has 0 aromatic heterocycles. The molecule has 2 amide bonds. The van der Waals surface area contributed by atoms with Crippen LogP contribution in [0.4, 0.5) is 0 Å². The number of rotatable bonds is 3. The summed E-state index contributed by atoms with van der Waals surface area (Å²) in [7, 11) is 0. The molecule has 1 unspecified atom stereocenters. The van der Waals surface area contributed by atoms with Crippen molar-refractivity contribution in [2.24, 2.45) is 11.5 Å². The Balaban J connectivity index is 3.76. The average Bonchev–Trinajstić information content (AvgIpc) is 1.98. The highest BCUT2D eigenvalue weighted by Gasteiger charge is 2.14. The van der Waals surface area contributed by atoms with Gasteiger partial charge in [0.05, 0.1) is 0 Å². The van der Waals surface area contributed by atoms with Crippen LogP contribution in [-0.2, 0) is 14.4 Å². The fraction of sp³-hybridized carbons (Fsp3) is 0.400. The zero-order valence-electron chi connectivity index (χ0n) is 6.11. The van der Waals surface area contributed by atoms with Crippen LogP contribution in [0.15, 0.2) is 0 Å². The normalized spacial score (nSPS) is 11.8. The minimum absolute atomic E-state index is 0.322. The van der Waals surface area contributed by atoms with E-state index in [0.29, 0.717) is 0 Å². The van der Waals surface area contributed by atoms with Gasteiger partial charge >= 0.3 is 17.8 Å². The second-order valence-corrected chi connectivity index (χ2v) is 2.02. The Hall–Kier alpha value is -1.63. The van der Waals surface area contributed by atoms with Gasteiger partial charge in [0.25, 0.3) is 0 Å². The molecule has 1 atom stereocenters. The third-order valence-electron chi connectivity index (χ3n) is 1.02. The summed E-state index contributed by atoms with van der Waals surface area (Å²) in [5.41, 5.74) is 9.56. The highest BCUT2D eigenvalue weighted by molar-refractivity contribution is 6.34. The van der Waals surface area contributed by atoms with Gasteiger partial charge < -0.3 is 21.9 Å². The van der Waals surface area contributed by atoms with Crippen LogP contribution in [-0.4, -0.2) is 35.5 Å². The number of aliphatic carboxylic acids is 1. The molecule has 0 aromatic rings. The van der Waals surface area contributed by atoms with Crippen LogP contribution in [0.5, 0.6) is 0 Å². The van der Waals surface area contributed by atoms with Crippen LogP contribution in [0.3, 0.4) is 0 Å². The molecule has 7 nitrogen and oxygen atoms in total. The van der Waals surface area contributed by atoms with Crippen molar-refractivity contribution in [3.8, 4) is 0 Å². The van der Waals surface area contributed by atoms with Gasteiger partial charge in [-0.3, -0.25) is 14.4 Å². The lowest BCUT2D eigenvalue weighted by Gasteiger charge is -2.05. The summed E-state index contributed by atoms with van der Waals surface area (Å²) < 4.78 is 0. The van der Waals surface area contributed by atoms with Gasteiger partial charge in [0.2, 0.25) is 0 Å². The quantitative estimate of drug-likeness (QED) is 0.339. The summed E-state index contributed by atoms with van der Waals surface area (Å²) in [6.45, 7) is -0.322. The zero-order valence-corrected chi connectivity index (χ0v) is 6.11. The SMILES string of the molecule is NC(=O)C(=O)NCC(N)C(=O)O. The first-order valence-corrected chi connectivity index (χ1v) is 3.01. The lowest BCUT2D eigenvalue weighted by molar-refractivity contribution is -0.140. The standard InChI is InChI=1S/C5H9N3O4/c6-2(5(11)12)1-8-4(10)3(7)9/h2H,1,6H2,(H2,7,9)(H,8,10)(H,11,12). The molecule has 0 radical (unpaired) electrons. The van der Waals surface area contributed by atoms with Crippen LogP contribution >= 0.6 is 0 Å². The van der Waals surface area contributed by atoms with E-state index in [1.165, 1.54) is 0 Å². The third kappa shape index (κ3) is 3.52. The van der Waals surface area contributed by atoms with Crippen molar-refractivity contribution in [2.75, 3.05) is 6.54 Å². The lowest BCUT2D eigenvalue weighted by atomic mass is 10.3. The predicted molar refractivity (Wildman–Crippen MR) is 37.8 cm³/mol. The van der Waals surface area contributed by atoms with Gasteiger partial charge in [-0.15, -0.1) is 0 Å². The van der Waals surface area contributed by atoms with E-state index >= 15 is 0 Å². The maximum Gasteiger partial charge on any atom is 0.322 e. The van der Waals surface area contributed by atoms with Gasteiger partial charge in [-0.05, 0) is 0 Å². The Bertz CT molecular complexity index is 215. The van der Waals surface area contributed by atoms with Gasteiger partial charge in [-0.2, -0.15) is 0 Å². The number of nitrogens with one attached hydrogen (secondary N) is 1. The molecule has 0 aromatic carbocycles. The van der Waals surface area contributed by atoms with Gasteiger partial charge in [-0.25, -0.2) is 0 Å². The number of carboxylic acids is 1. The summed E-state index contributed by atoms with van der Waals surface area (Å²) >= 11 is 0. The molecule has 12 heavy (non-hydrogen) atoms. The summed E-state index contributed by atoms with van der Waals surface area (Å²) in [5, 5.41) is 10.2. The van der Waals surface area contributed by atoms with Gasteiger partial charge in [0.15, 0.2) is 0 Å². The predicted octanol–water partition coefficient (Wildman–Crippen LogP) is -3.00. The van der Waals surface area contributed by atoms with Crippen molar-refractivity contribution >= 4 is 17.8 Å². The van der Waals surface area contributed by atoms with Crippen molar-refractivity contribution < 1.29 is 19.5 Å². The number of amides is 2. The molecular weight excluding hydrogens is 166 g/mol. The number of carbonyl (C=O) groups excluding carboxylic acids is 2. The van der Waals surface area contributed by atoms with E-state index in [9.17, 15) is 14.4 Å². The molecule has 0 aliphatic heterocycles. The smallest absolute Gasteiger partial charge is 0.322 e. The summed E-state index contributed by atoms with van der Waals surface area (Å²) in [6, 6.07) is -1.23. The van der Waals surface area contributed by atoms with E-state index in [0.717, 1.165) is 0 Å². The fourth-order valence-corrected chi connectivity index (χ4v) is 0.377. The van der Waals surface area contributed by atoms with Crippen molar-refractivity contribution in [3.05, 3.63) is 0 Å². The largest absolute Gasteiger partial charge is 0.480 e. The topological polar surface area (TPSA) is 136 Å². The minimum Gasteiger partial charge on any atom is -0.480 e. The number of hydrogen-bond donors (Lipinski definition) is 4. The monoisotopic (exact) mass is 175 g/mol. The molecular formula is C5H9N3O4. The molecule has 0 aliphatic rings. The van der Waals surface area contributed by atoms with Crippen molar-refractivity contribution in [3.63, 3.8) is 0 Å². The fourth-order valence-electron chi connectivity index (χ4n) is 0.377. The van der Waals surface area contributed by atoms with Gasteiger partial charge in [-0.1, -0.05) is 0 Å². The molecule has 0 fully saturated rings. The van der Waals surface area contributed by atoms with Gasteiger partial charge in [0, 0.05) is 6.54 Å². The average molecular weight is 175 g/mol. The highest BCUT2D eigenvalue weighted by atomic mass is 16.4. The Labute approximate surface area is 67.7 Å². The van der Waals surface area contributed by atoms with Crippen LogP contribution < -0.4 is 16.8 Å². The van der Waals surface area contributed by atoms with E-state index in [-0.39, 0.29) is 6.54 Å². The highest BCUT2D eigenvalue weighted by Crippen LogP contribution is 1.75. The van der Waals surface area contributed by atoms with E-state index in [1.54, 1.807) is 0 Å². The molecule has 68 valence electrons. The molecule has 0 rings (SSSR count). The van der Waals surface area contributed by atoms with Crippen LogP contribution in [0, 0.1) is 0 Å². The second-order valence-electron chi connectivity index (χ2n) is 2.02. The molecule has 0 saturated heterocycles. The molecule has 0 heterocycles. The summed E-state index contributed by atoms with van der Waals surface area (Å²) in [5.74, 6) is -3.49. The number of hydrogen-bond acceptors (Lipinski definition) is 4. The number of carboxylic acid groups (broad SMARTS) is 1. The second kappa shape index (κ2) is 4.29. The van der Waals surface area contributed by atoms with E-state index in [4.69, 9.17) is 10.8 Å². The number of carbonyl (C=O) groups is 3. The molecule has 0 spiro atoms. The van der Waals surface area contributed by atoms with Gasteiger partial charge in [0.1, 0.15) is 6.04 Å². The van der Waals surface area contributed by atoms with Crippen molar-refractivity contribution in [1.29, 1.82) is 0 Å². The minimum atomic E-state index is -1.26. The van der Waals surface area contributed by atoms with Crippen molar-refractivity contribution in [2.45, 2.75) is 6.04 Å². The van der Waals surface area contributed by atoms with Crippen LogP contribution in [0.1, 0.15) is 0 Å². The summed E-state index contributed by atoms with van der Waals surface area (Å²) in [6.07, 6.45) is 0. The number of primary amides is 1. The Kier molecular flexibility index (Phi) is 3.71. The first-order valence-electron chi connectivity index (χ1n) is 3.01. The Morgan fingerprint density at radius 1 is 1.42 bits per heavy atom. The number of nitrogens with two attached hydrogens (primary N) is 2. The van der Waals surface area contributed by atoms with E-state index < -0.39 is 23.8 Å². The summed E-state index contributed by atoms with van der Waals surface area (Å²) in [4.78, 5) is 30.6. The molecule has 0 aliphatic carbocycles. The first-order chi connectivity index (χ1) is 5.45. The molecule has 0 bridgehead atoms.